The Morgan fingerprint density at radius 2 is 1.90 bits per heavy atom. The molecule has 0 atom stereocenters. The van der Waals surface area contributed by atoms with Gasteiger partial charge in [0.1, 0.15) is 6.61 Å². The van der Waals surface area contributed by atoms with E-state index in [4.69, 9.17) is 9.47 Å². The molecule has 3 nitrogen and oxygen atoms in total. The van der Waals surface area contributed by atoms with Gasteiger partial charge in [-0.1, -0.05) is 30.3 Å². The quantitative estimate of drug-likeness (QED) is 0.606. The zero-order valence-electron chi connectivity index (χ0n) is 12.0. The molecule has 0 N–H and O–H groups in total. The molecule has 1 fully saturated rings. The van der Waals surface area contributed by atoms with Crippen LogP contribution in [-0.2, 0) is 20.9 Å². The van der Waals surface area contributed by atoms with Crippen molar-refractivity contribution < 1.29 is 14.3 Å². The summed E-state index contributed by atoms with van der Waals surface area (Å²) in [5.41, 5.74) is 1.04. The van der Waals surface area contributed by atoms with Crippen LogP contribution < -0.4 is 0 Å². The van der Waals surface area contributed by atoms with Gasteiger partial charge >= 0.3 is 5.97 Å². The molecule has 0 aromatic heterocycles. The molecule has 1 saturated carbocycles. The summed E-state index contributed by atoms with van der Waals surface area (Å²) in [6.45, 7) is 0.378. The van der Waals surface area contributed by atoms with Crippen molar-refractivity contribution in [3.05, 3.63) is 48.2 Å². The highest BCUT2D eigenvalue weighted by Crippen LogP contribution is 2.30. The third-order valence-corrected chi connectivity index (χ3v) is 3.82. The minimum atomic E-state index is -0.0528. The van der Waals surface area contributed by atoms with Gasteiger partial charge in [-0.15, -0.1) is 0 Å². The summed E-state index contributed by atoms with van der Waals surface area (Å²) in [7, 11) is 1.66. The molecule has 0 amide bonds. The summed E-state index contributed by atoms with van der Waals surface area (Å²) >= 11 is 0. The van der Waals surface area contributed by atoms with Crippen LogP contribution in [0.4, 0.5) is 0 Å². The molecule has 0 aliphatic heterocycles. The summed E-state index contributed by atoms with van der Waals surface area (Å²) in [4.78, 5) is 12.0. The van der Waals surface area contributed by atoms with Gasteiger partial charge in [0.15, 0.2) is 0 Å². The Labute approximate surface area is 120 Å². The molecule has 0 radical (unpaired) electrons. The third-order valence-electron chi connectivity index (χ3n) is 3.82. The number of hydrogen-bond acceptors (Lipinski definition) is 3. The lowest BCUT2D eigenvalue weighted by molar-refractivity contribution is -0.151. The molecule has 1 aromatic rings. The highest BCUT2D eigenvalue weighted by molar-refractivity contribution is 5.72. The number of carbonyl (C=O) groups is 1. The number of ether oxygens (including phenoxy) is 2. The van der Waals surface area contributed by atoms with Crippen LogP contribution in [0.2, 0.25) is 0 Å². The van der Waals surface area contributed by atoms with Gasteiger partial charge < -0.3 is 9.47 Å². The van der Waals surface area contributed by atoms with Crippen LogP contribution in [0.1, 0.15) is 31.2 Å². The van der Waals surface area contributed by atoms with Crippen molar-refractivity contribution in [2.24, 2.45) is 11.8 Å². The van der Waals surface area contributed by atoms with Gasteiger partial charge in [0.25, 0.3) is 0 Å². The normalized spacial score (nSPS) is 22.6. The maximum atomic E-state index is 12.0. The molecule has 0 saturated heterocycles. The number of methoxy groups -OCH3 is 1. The van der Waals surface area contributed by atoms with E-state index in [1.54, 1.807) is 13.4 Å². The number of rotatable bonds is 5. The van der Waals surface area contributed by atoms with Crippen molar-refractivity contribution in [3.8, 4) is 0 Å². The Bertz CT molecular complexity index is 431. The van der Waals surface area contributed by atoms with E-state index in [-0.39, 0.29) is 11.9 Å². The Kier molecular flexibility index (Phi) is 5.66. The van der Waals surface area contributed by atoms with Crippen molar-refractivity contribution >= 4 is 5.97 Å². The highest BCUT2D eigenvalue weighted by Gasteiger charge is 2.26. The lowest BCUT2D eigenvalue weighted by atomic mass is 9.82. The fourth-order valence-corrected chi connectivity index (χ4v) is 2.58. The summed E-state index contributed by atoms with van der Waals surface area (Å²) in [5, 5.41) is 0. The number of carbonyl (C=O) groups excluding carboxylic acids is 1. The highest BCUT2D eigenvalue weighted by atomic mass is 16.5. The average molecular weight is 274 g/mol. The fraction of sp³-hybridized carbons (Fsp3) is 0.471. The van der Waals surface area contributed by atoms with E-state index < -0.39 is 0 Å². The van der Waals surface area contributed by atoms with Crippen LogP contribution in [0.25, 0.3) is 0 Å². The monoisotopic (exact) mass is 274 g/mol. The summed E-state index contributed by atoms with van der Waals surface area (Å²) < 4.78 is 10.3. The fourth-order valence-electron chi connectivity index (χ4n) is 2.58. The molecule has 3 heteroatoms. The first-order valence-corrected chi connectivity index (χ1v) is 7.19. The van der Waals surface area contributed by atoms with Crippen LogP contribution in [-0.4, -0.2) is 13.1 Å². The van der Waals surface area contributed by atoms with E-state index in [0.29, 0.717) is 12.5 Å². The molecule has 1 aliphatic carbocycles. The molecule has 108 valence electrons. The molecule has 1 aliphatic rings. The molecule has 0 bridgehead atoms. The summed E-state index contributed by atoms with van der Waals surface area (Å²) in [6, 6.07) is 9.81. The van der Waals surface area contributed by atoms with E-state index >= 15 is 0 Å². The Morgan fingerprint density at radius 3 is 2.55 bits per heavy atom. The van der Waals surface area contributed by atoms with Gasteiger partial charge in [-0.25, -0.2) is 0 Å². The van der Waals surface area contributed by atoms with Crippen molar-refractivity contribution in [1.29, 1.82) is 0 Å². The second-order valence-corrected chi connectivity index (χ2v) is 5.27. The molecular formula is C17H22O3. The zero-order chi connectivity index (χ0) is 14.2. The van der Waals surface area contributed by atoms with E-state index in [2.05, 4.69) is 6.08 Å². The van der Waals surface area contributed by atoms with E-state index in [9.17, 15) is 4.79 Å². The first-order chi connectivity index (χ1) is 9.79. The Balaban J connectivity index is 1.73. The second-order valence-electron chi connectivity index (χ2n) is 5.27. The van der Waals surface area contributed by atoms with Crippen LogP contribution in [0.15, 0.2) is 42.7 Å². The molecule has 2 rings (SSSR count). The van der Waals surface area contributed by atoms with E-state index in [1.165, 1.54) is 0 Å². The first-order valence-electron chi connectivity index (χ1n) is 7.19. The predicted molar refractivity (Wildman–Crippen MR) is 77.8 cm³/mol. The van der Waals surface area contributed by atoms with Gasteiger partial charge in [0.05, 0.1) is 19.3 Å². The van der Waals surface area contributed by atoms with Crippen LogP contribution >= 0.6 is 0 Å². The first kappa shape index (κ1) is 14.6. The van der Waals surface area contributed by atoms with Crippen molar-refractivity contribution in [3.63, 3.8) is 0 Å². The van der Waals surface area contributed by atoms with Crippen LogP contribution in [0.3, 0.4) is 0 Å². The molecule has 0 heterocycles. The standard InChI is InChI=1S/C17H22O3/c1-19-12-11-14-7-9-16(10-8-14)17(18)20-13-15-5-3-2-4-6-15/h2-6,11-12,14,16H,7-10,13H2,1H3. The van der Waals surface area contributed by atoms with Gasteiger partial charge in [-0.05, 0) is 43.2 Å². The number of benzene rings is 1. The number of esters is 1. The SMILES string of the molecule is COC=CC1CCC(C(=O)OCc2ccccc2)CC1. The summed E-state index contributed by atoms with van der Waals surface area (Å²) in [6.07, 6.45) is 7.71. The Morgan fingerprint density at radius 1 is 1.20 bits per heavy atom. The van der Waals surface area contributed by atoms with Gasteiger partial charge in [-0.2, -0.15) is 0 Å². The molecule has 20 heavy (non-hydrogen) atoms. The molecule has 1 aromatic carbocycles. The Hall–Kier alpha value is -1.77. The zero-order valence-corrected chi connectivity index (χ0v) is 12.0. The smallest absolute Gasteiger partial charge is 0.309 e. The number of allylic oxidation sites excluding steroid dienone is 1. The van der Waals surface area contributed by atoms with Gasteiger partial charge in [-0.3, -0.25) is 4.79 Å². The topological polar surface area (TPSA) is 35.5 Å². The minimum absolute atomic E-state index is 0.0528. The average Bonchev–Trinajstić information content (AvgIpc) is 2.52. The van der Waals surface area contributed by atoms with E-state index in [0.717, 1.165) is 31.2 Å². The molecule has 0 unspecified atom stereocenters. The van der Waals surface area contributed by atoms with Crippen molar-refractivity contribution in [2.45, 2.75) is 32.3 Å². The minimum Gasteiger partial charge on any atom is -0.505 e. The maximum absolute atomic E-state index is 12.0. The van der Waals surface area contributed by atoms with Crippen molar-refractivity contribution in [2.75, 3.05) is 7.11 Å². The largest absolute Gasteiger partial charge is 0.505 e. The van der Waals surface area contributed by atoms with Crippen molar-refractivity contribution in [1.82, 2.24) is 0 Å². The van der Waals surface area contributed by atoms with Gasteiger partial charge in [0.2, 0.25) is 0 Å². The third kappa shape index (κ3) is 4.41. The number of hydrogen-bond donors (Lipinski definition) is 0. The van der Waals surface area contributed by atoms with Crippen LogP contribution in [0.5, 0.6) is 0 Å². The maximum Gasteiger partial charge on any atom is 0.309 e. The molecule has 0 spiro atoms. The van der Waals surface area contributed by atoms with Crippen LogP contribution in [0, 0.1) is 11.8 Å². The predicted octanol–water partition coefficient (Wildman–Crippen LogP) is 3.70. The second kappa shape index (κ2) is 7.73. The lowest BCUT2D eigenvalue weighted by Gasteiger charge is -2.25. The summed E-state index contributed by atoms with van der Waals surface area (Å²) in [5.74, 6) is 0.544. The van der Waals surface area contributed by atoms with E-state index in [1.807, 2.05) is 30.3 Å². The lowest BCUT2D eigenvalue weighted by Crippen LogP contribution is -2.23. The molecular weight excluding hydrogens is 252 g/mol. The van der Waals surface area contributed by atoms with Gasteiger partial charge in [0, 0.05) is 0 Å².